The average molecular weight is 845 g/mol. The lowest BCUT2D eigenvalue weighted by Crippen LogP contribution is -2.71. The molecule has 2 aliphatic rings. The van der Waals surface area contributed by atoms with E-state index in [4.69, 9.17) is 29.2 Å². The molecular weight excluding hydrogens is 799 g/mol. The van der Waals surface area contributed by atoms with Crippen LogP contribution in [0.4, 0.5) is 4.79 Å². The zero-order chi connectivity index (χ0) is 43.9. The number of pyridine rings is 1. The molecule has 0 spiro atoms. The van der Waals surface area contributed by atoms with Crippen molar-refractivity contribution in [1.29, 1.82) is 5.41 Å². The van der Waals surface area contributed by atoms with Crippen molar-refractivity contribution in [3.63, 3.8) is 0 Å². The fraction of sp³-hybridized carbons (Fsp3) is 0.390. The number of rotatable bonds is 13. The SMILES string of the molecule is CO/N=C(/CC(=O)OC(C)(C)C)C(=O)NC1C(=O)N2C(C(=O)OCc3ccc(OC)cc3)=C(C[n+]3ccc(-c4cc(C(=O)N=C=N)n(C(=O)OC(C)(C)C)c4)cc3)CSC12. The van der Waals surface area contributed by atoms with E-state index in [1.807, 2.05) is 0 Å². The number of benzene rings is 1. The van der Waals surface area contributed by atoms with Gasteiger partial charge in [0.25, 0.3) is 11.8 Å². The van der Waals surface area contributed by atoms with Gasteiger partial charge in [-0.05, 0) is 70.9 Å². The van der Waals surface area contributed by atoms with E-state index >= 15 is 0 Å². The first-order valence-electron chi connectivity index (χ1n) is 18.5. The predicted octanol–water partition coefficient (Wildman–Crippen LogP) is 4.26. The van der Waals surface area contributed by atoms with Gasteiger partial charge in [0, 0.05) is 35.2 Å². The Bertz CT molecular complexity index is 2280. The molecule has 3 amide bonds. The molecular formula is C41H46N7O11S+. The second kappa shape index (κ2) is 18.6. The van der Waals surface area contributed by atoms with Gasteiger partial charge in [-0.25, -0.2) is 24.1 Å². The Hall–Kier alpha value is -6.59. The number of aliphatic imine (C=N–C) groups is 1. The largest absolute Gasteiger partial charge is 0.497 e. The summed E-state index contributed by atoms with van der Waals surface area (Å²) in [7, 11) is 2.76. The molecule has 1 fully saturated rings. The molecule has 60 heavy (non-hydrogen) atoms. The summed E-state index contributed by atoms with van der Waals surface area (Å²) in [6.45, 7) is 10.2. The lowest BCUT2D eigenvalue weighted by atomic mass is 10.0. The van der Waals surface area contributed by atoms with Crippen molar-refractivity contribution in [1.82, 2.24) is 14.8 Å². The van der Waals surface area contributed by atoms with Crippen molar-refractivity contribution in [2.45, 2.75) is 83.7 Å². The topological polar surface area (TPSA) is 221 Å². The fourth-order valence-electron chi connectivity index (χ4n) is 6.07. The van der Waals surface area contributed by atoms with Crippen LogP contribution in [0.2, 0.25) is 0 Å². The monoisotopic (exact) mass is 844 g/mol. The van der Waals surface area contributed by atoms with E-state index in [1.54, 1.807) is 101 Å². The molecule has 4 heterocycles. The molecule has 18 nitrogen and oxygen atoms in total. The summed E-state index contributed by atoms with van der Waals surface area (Å²) < 4.78 is 24.5. The van der Waals surface area contributed by atoms with Crippen LogP contribution >= 0.6 is 11.8 Å². The Labute approximate surface area is 350 Å². The third-order valence-electron chi connectivity index (χ3n) is 8.64. The summed E-state index contributed by atoms with van der Waals surface area (Å²) in [6.07, 6.45) is 3.58. The number of aromatic nitrogens is 2. The van der Waals surface area contributed by atoms with Crippen molar-refractivity contribution in [2.24, 2.45) is 10.1 Å². The van der Waals surface area contributed by atoms with Crippen molar-refractivity contribution in [3.8, 4) is 16.9 Å². The average Bonchev–Trinajstić information content (AvgIpc) is 3.64. The van der Waals surface area contributed by atoms with Crippen molar-refractivity contribution in [2.75, 3.05) is 20.0 Å². The molecule has 2 unspecified atom stereocenters. The van der Waals surface area contributed by atoms with Gasteiger partial charge in [0.15, 0.2) is 24.7 Å². The Morgan fingerprint density at radius 2 is 1.63 bits per heavy atom. The molecule has 0 aliphatic carbocycles. The van der Waals surface area contributed by atoms with Gasteiger partial charge in [-0.2, -0.15) is 0 Å². The van der Waals surface area contributed by atoms with Crippen LogP contribution in [0.1, 0.15) is 64.0 Å². The van der Waals surface area contributed by atoms with Crippen molar-refractivity contribution < 1.29 is 57.1 Å². The summed E-state index contributed by atoms with van der Waals surface area (Å²) >= 11 is 1.33. The molecule has 0 saturated carbocycles. The Morgan fingerprint density at radius 1 is 0.967 bits per heavy atom. The Morgan fingerprint density at radius 3 is 2.23 bits per heavy atom. The van der Waals surface area contributed by atoms with Crippen LogP contribution in [0.3, 0.4) is 0 Å². The van der Waals surface area contributed by atoms with Crippen molar-refractivity contribution >= 4 is 59.2 Å². The van der Waals surface area contributed by atoms with E-state index < -0.39 is 64.8 Å². The summed E-state index contributed by atoms with van der Waals surface area (Å²) in [5, 5.41) is 12.8. The number of hydrogen-bond donors (Lipinski definition) is 2. The van der Waals surface area contributed by atoms with Crippen LogP contribution in [0.5, 0.6) is 5.75 Å². The number of thioether (sulfide) groups is 1. The standard InChI is InChI=1S/C41H45N7O11S/c1-40(2,3)58-31(49)18-29(45-56-8)34(50)44-32-36(52)48-33(38(53)57-21-24-9-11-28(55-7)12-10-24)27(22-60-37(32)48)19-46-15-13-25(14-16-46)26-17-30(35(51)43-23-42)47(20-26)39(54)59-41(4,5)6/h9-17,20,32,37,42H,18-19,21-22H2,1-8H3/p+1/b45-29-. The minimum absolute atomic E-state index is 0.0308. The van der Waals surface area contributed by atoms with Gasteiger partial charge in [0.1, 0.15) is 53.5 Å². The number of methoxy groups -OCH3 is 1. The van der Waals surface area contributed by atoms with Crippen LogP contribution in [0.25, 0.3) is 11.1 Å². The normalized spacial score (nSPS) is 16.4. The fourth-order valence-corrected chi connectivity index (χ4v) is 7.40. The second-order valence-corrected chi connectivity index (χ2v) is 16.6. The number of carbonyl (C=O) groups excluding carboxylic acids is 6. The molecule has 1 aromatic carbocycles. The van der Waals surface area contributed by atoms with E-state index in [2.05, 4.69) is 15.5 Å². The number of ether oxygens (including phenoxy) is 4. The second-order valence-electron chi connectivity index (χ2n) is 15.5. The summed E-state index contributed by atoms with van der Waals surface area (Å²) in [6, 6.07) is 12.5. The van der Waals surface area contributed by atoms with E-state index in [0.717, 1.165) is 4.57 Å². The molecule has 5 rings (SSSR count). The number of esters is 2. The number of fused-ring (bicyclic) bond motifs is 1. The van der Waals surface area contributed by atoms with E-state index in [0.29, 0.717) is 28.0 Å². The van der Waals surface area contributed by atoms with Crippen LogP contribution in [-0.2, 0) is 51.4 Å². The molecule has 2 atom stereocenters. The maximum absolute atomic E-state index is 13.9. The van der Waals surface area contributed by atoms with Gasteiger partial charge >= 0.3 is 23.9 Å². The first kappa shape index (κ1) is 44.5. The molecule has 0 radical (unpaired) electrons. The minimum Gasteiger partial charge on any atom is -0.497 e. The molecule has 2 aliphatic heterocycles. The highest BCUT2D eigenvalue weighted by Gasteiger charge is 2.55. The van der Waals surface area contributed by atoms with Gasteiger partial charge in [-0.3, -0.25) is 24.1 Å². The smallest absolute Gasteiger partial charge is 0.419 e. The predicted molar refractivity (Wildman–Crippen MR) is 216 cm³/mol. The summed E-state index contributed by atoms with van der Waals surface area (Å²) in [4.78, 5) is 88.7. The number of nitrogens with one attached hydrogen (secondary N) is 2. The zero-order valence-corrected chi connectivity index (χ0v) is 35.2. The molecule has 316 valence electrons. The highest BCUT2D eigenvalue weighted by molar-refractivity contribution is 8.00. The maximum Gasteiger partial charge on any atom is 0.419 e. The van der Waals surface area contributed by atoms with Crippen LogP contribution in [0, 0.1) is 5.41 Å². The molecule has 2 aromatic heterocycles. The quantitative estimate of drug-likeness (QED) is 0.0616. The first-order valence-corrected chi connectivity index (χ1v) is 19.6. The lowest BCUT2D eigenvalue weighted by Gasteiger charge is -2.49. The third-order valence-corrected chi connectivity index (χ3v) is 9.98. The van der Waals surface area contributed by atoms with Gasteiger partial charge in [-0.1, -0.05) is 17.3 Å². The number of oxime groups is 1. The Kier molecular flexibility index (Phi) is 13.8. The Balaban J connectivity index is 1.40. The van der Waals surface area contributed by atoms with Gasteiger partial charge < -0.3 is 29.1 Å². The number of carbonyl (C=O) groups is 6. The van der Waals surface area contributed by atoms with Gasteiger partial charge in [0.05, 0.1) is 19.5 Å². The highest BCUT2D eigenvalue weighted by Crippen LogP contribution is 2.41. The minimum atomic E-state index is -1.06. The number of amides is 3. The molecule has 19 heteroatoms. The first-order chi connectivity index (χ1) is 28.3. The van der Waals surface area contributed by atoms with Gasteiger partial charge in [0.2, 0.25) is 0 Å². The highest BCUT2D eigenvalue weighted by atomic mass is 32.2. The third kappa shape index (κ3) is 10.9. The van der Waals surface area contributed by atoms with E-state index in [9.17, 15) is 28.8 Å². The van der Waals surface area contributed by atoms with Crippen LogP contribution in [-0.4, -0.2) is 99.5 Å². The van der Waals surface area contributed by atoms with Crippen LogP contribution in [0.15, 0.2) is 82.5 Å². The summed E-state index contributed by atoms with van der Waals surface area (Å²) in [5.74, 6) is -2.80. The van der Waals surface area contributed by atoms with Crippen molar-refractivity contribution in [3.05, 3.63) is 83.6 Å². The number of hydrogen-bond acceptors (Lipinski definition) is 14. The summed E-state index contributed by atoms with van der Waals surface area (Å²) in [5.41, 5.74) is 0.310. The van der Waals surface area contributed by atoms with E-state index in [-0.39, 0.29) is 36.0 Å². The molecule has 2 N–H and O–H groups in total. The molecule has 0 bridgehead atoms. The number of nitrogens with zero attached hydrogens (tertiary/aromatic N) is 5. The lowest BCUT2D eigenvalue weighted by molar-refractivity contribution is -0.689. The molecule has 1 saturated heterocycles. The van der Waals surface area contributed by atoms with Gasteiger partial charge in [-0.15, -0.1) is 16.8 Å². The van der Waals surface area contributed by atoms with Crippen LogP contribution < -0.4 is 14.6 Å². The zero-order valence-electron chi connectivity index (χ0n) is 34.4. The maximum atomic E-state index is 13.9. The number of β-lactam (4-membered cyclic amide) rings is 1. The van der Waals surface area contributed by atoms with E-state index in [1.165, 1.54) is 43.1 Å². The molecule has 3 aromatic rings.